The van der Waals surface area contributed by atoms with Gasteiger partial charge in [0.25, 0.3) is 5.56 Å². The lowest BCUT2D eigenvalue weighted by Crippen LogP contribution is -2.30. The van der Waals surface area contributed by atoms with Crippen molar-refractivity contribution >= 4 is 5.82 Å². The van der Waals surface area contributed by atoms with E-state index < -0.39 is 0 Å². The van der Waals surface area contributed by atoms with Crippen LogP contribution in [-0.2, 0) is 4.74 Å². The largest absolute Gasteiger partial charge is 0.489 e. The number of nitrogens with one attached hydrogen (secondary N) is 1. The average molecular weight is 227 g/mol. The van der Waals surface area contributed by atoms with Crippen molar-refractivity contribution in [2.45, 2.75) is 6.92 Å². The molecule has 16 heavy (non-hydrogen) atoms. The van der Waals surface area contributed by atoms with Crippen molar-refractivity contribution in [3.63, 3.8) is 0 Å². The van der Waals surface area contributed by atoms with E-state index in [1.165, 1.54) is 13.4 Å². The van der Waals surface area contributed by atoms with Gasteiger partial charge in [0.2, 0.25) is 5.75 Å². The Labute approximate surface area is 94.2 Å². The molecule has 0 saturated carbocycles. The zero-order valence-corrected chi connectivity index (χ0v) is 9.82. The summed E-state index contributed by atoms with van der Waals surface area (Å²) in [6.45, 7) is 3.96. The van der Waals surface area contributed by atoms with Gasteiger partial charge in [-0.2, -0.15) is 0 Å². The van der Waals surface area contributed by atoms with E-state index in [4.69, 9.17) is 9.47 Å². The van der Waals surface area contributed by atoms with Gasteiger partial charge in [-0.3, -0.25) is 4.79 Å². The van der Waals surface area contributed by atoms with E-state index in [0.717, 1.165) is 6.54 Å². The first kappa shape index (κ1) is 12.5. The SMILES string of the molecule is CCN(CCOC)c1nc[nH]c(=O)c1OC. The van der Waals surface area contributed by atoms with Crippen molar-refractivity contribution < 1.29 is 9.47 Å². The molecule has 6 nitrogen and oxygen atoms in total. The van der Waals surface area contributed by atoms with Gasteiger partial charge in [-0.25, -0.2) is 4.98 Å². The van der Waals surface area contributed by atoms with Gasteiger partial charge in [-0.15, -0.1) is 0 Å². The van der Waals surface area contributed by atoms with E-state index in [0.29, 0.717) is 19.0 Å². The molecule has 1 rings (SSSR count). The van der Waals surface area contributed by atoms with Gasteiger partial charge in [0, 0.05) is 20.2 Å². The van der Waals surface area contributed by atoms with Crippen LogP contribution in [0.5, 0.6) is 5.75 Å². The van der Waals surface area contributed by atoms with Crippen LogP contribution in [0.1, 0.15) is 6.92 Å². The van der Waals surface area contributed by atoms with Gasteiger partial charge < -0.3 is 19.4 Å². The molecule has 0 saturated heterocycles. The molecular formula is C10H17N3O3. The molecule has 1 N–H and O–H groups in total. The Kier molecular flexibility index (Phi) is 4.78. The second kappa shape index (κ2) is 6.12. The number of rotatable bonds is 6. The monoisotopic (exact) mass is 227 g/mol. The van der Waals surface area contributed by atoms with Crippen molar-refractivity contribution in [3.05, 3.63) is 16.7 Å². The first-order valence-corrected chi connectivity index (χ1v) is 5.10. The molecule has 0 aliphatic rings. The van der Waals surface area contributed by atoms with Crippen LogP contribution in [0, 0.1) is 0 Å². The summed E-state index contributed by atoms with van der Waals surface area (Å²) in [6.07, 6.45) is 1.37. The Morgan fingerprint density at radius 3 is 2.81 bits per heavy atom. The summed E-state index contributed by atoms with van der Waals surface area (Å²) < 4.78 is 10.1. The number of nitrogens with zero attached hydrogens (tertiary/aromatic N) is 2. The highest BCUT2D eigenvalue weighted by Gasteiger charge is 2.14. The number of H-pyrrole nitrogens is 1. The van der Waals surface area contributed by atoms with Gasteiger partial charge in [-0.05, 0) is 6.92 Å². The Hall–Kier alpha value is -1.56. The fraction of sp³-hybridized carbons (Fsp3) is 0.600. The van der Waals surface area contributed by atoms with Crippen molar-refractivity contribution in [2.24, 2.45) is 0 Å². The van der Waals surface area contributed by atoms with Crippen molar-refractivity contribution in [1.29, 1.82) is 0 Å². The fourth-order valence-corrected chi connectivity index (χ4v) is 1.40. The normalized spacial score (nSPS) is 10.2. The number of hydrogen-bond acceptors (Lipinski definition) is 5. The molecule has 0 fully saturated rings. The quantitative estimate of drug-likeness (QED) is 0.754. The molecule has 0 amide bonds. The topological polar surface area (TPSA) is 67.5 Å². The predicted octanol–water partition coefficient (Wildman–Crippen LogP) is 0.251. The smallest absolute Gasteiger partial charge is 0.295 e. The Morgan fingerprint density at radius 1 is 1.50 bits per heavy atom. The van der Waals surface area contributed by atoms with E-state index in [9.17, 15) is 4.79 Å². The summed E-state index contributed by atoms with van der Waals surface area (Å²) in [6, 6.07) is 0. The highest BCUT2D eigenvalue weighted by atomic mass is 16.5. The highest BCUT2D eigenvalue weighted by molar-refractivity contribution is 5.50. The van der Waals surface area contributed by atoms with E-state index in [1.54, 1.807) is 7.11 Å². The Bertz CT molecular complexity index is 378. The molecule has 1 aromatic rings. The van der Waals surface area contributed by atoms with E-state index in [2.05, 4.69) is 9.97 Å². The minimum absolute atomic E-state index is 0.237. The molecule has 0 aliphatic heterocycles. The molecule has 90 valence electrons. The maximum absolute atomic E-state index is 11.5. The minimum atomic E-state index is -0.275. The maximum Gasteiger partial charge on any atom is 0.295 e. The summed E-state index contributed by atoms with van der Waals surface area (Å²) in [5.74, 6) is 0.784. The number of aromatic nitrogens is 2. The molecule has 0 atom stereocenters. The zero-order chi connectivity index (χ0) is 12.0. The van der Waals surface area contributed by atoms with Crippen LogP contribution in [0.4, 0.5) is 5.82 Å². The Balaban J connectivity index is 2.99. The molecule has 6 heteroatoms. The van der Waals surface area contributed by atoms with Gasteiger partial charge in [-0.1, -0.05) is 0 Å². The van der Waals surface area contributed by atoms with Gasteiger partial charge in [0.1, 0.15) is 0 Å². The van der Waals surface area contributed by atoms with Gasteiger partial charge >= 0.3 is 0 Å². The molecule has 0 unspecified atom stereocenters. The molecule has 1 heterocycles. The molecular weight excluding hydrogens is 210 g/mol. The zero-order valence-electron chi connectivity index (χ0n) is 9.82. The van der Waals surface area contributed by atoms with Crippen molar-refractivity contribution in [1.82, 2.24) is 9.97 Å². The average Bonchev–Trinajstić information content (AvgIpc) is 2.30. The van der Waals surface area contributed by atoms with E-state index in [1.807, 2.05) is 11.8 Å². The standard InChI is InChI=1S/C10H17N3O3/c1-4-13(5-6-15-2)9-8(16-3)10(14)12-7-11-9/h7H,4-6H2,1-3H3,(H,11,12,14). The third-order valence-electron chi connectivity index (χ3n) is 2.24. The number of ether oxygens (including phenoxy) is 2. The number of likely N-dealkylation sites (N-methyl/N-ethyl adjacent to an activating group) is 1. The third kappa shape index (κ3) is 2.73. The third-order valence-corrected chi connectivity index (χ3v) is 2.24. The molecule has 1 aromatic heterocycles. The minimum Gasteiger partial charge on any atom is -0.489 e. The van der Waals surface area contributed by atoms with E-state index in [-0.39, 0.29) is 11.3 Å². The summed E-state index contributed by atoms with van der Waals surface area (Å²) in [4.78, 5) is 20.0. The molecule has 0 bridgehead atoms. The van der Waals surface area contributed by atoms with E-state index >= 15 is 0 Å². The lowest BCUT2D eigenvalue weighted by atomic mass is 10.4. The molecule has 0 radical (unpaired) electrons. The Morgan fingerprint density at radius 2 is 2.25 bits per heavy atom. The maximum atomic E-state index is 11.5. The predicted molar refractivity (Wildman–Crippen MR) is 61.2 cm³/mol. The van der Waals surface area contributed by atoms with Crippen LogP contribution in [0.15, 0.2) is 11.1 Å². The molecule has 0 spiro atoms. The highest BCUT2D eigenvalue weighted by Crippen LogP contribution is 2.19. The number of aromatic amines is 1. The summed E-state index contributed by atoms with van der Waals surface area (Å²) >= 11 is 0. The van der Waals surface area contributed by atoms with Crippen LogP contribution in [0.3, 0.4) is 0 Å². The van der Waals surface area contributed by atoms with Crippen LogP contribution in [0.2, 0.25) is 0 Å². The summed E-state index contributed by atoms with van der Waals surface area (Å²) in [7, 11) is 3.09. The summed E-state index contributed by atoms with van der Waals surface area (Å²) in [5.41, 5.74) is -0.275. The van der Waals surface area contributed by atoms with Crippen molar-refractivity contribution in [3.8, 4) is 5.75 Å². The fourth-order valence-electron chi connectivity index (χ4n) is 1.40. The number of hydrogen-bond donors (Lipinski definition) is 1. The van der Waals surface area contributed by atoms with Gasteiger partial charge in [0.05, 0.1) is 20.0 Å². The number of methoxy groups -OCH3 is 2. The molecule has 0 aromatic carbocycles. The van der Waals surface area contributed by atoms with Crippen LogP contribution >= 0.6 is 0 Å². The van der Waals surface area contributed by atoms with Gasteiger partial charge in [0.15, 0.2) is 5.82 Å². The van der Waals surface area contributed by atoms with Crippen LogP contribution in [0.25, 0.3) is 0 Å². The number of anilines is 1. The first-order chi connectivity index (χ1) is 7.74. The second-order valence-electron chi connectivity index (χ2n) is 3.16. The lowest BCUT2D eigenvalue weighted by molar-refractivity contribution is 0.205. The van der Waals surface area contributed by atoms with Crippen LogP contribution < -0.4 is 15.2 Å². The van der Waals surface area contributed by atoms with Crippen LogP contribution in [-0.4, -0.2) is 43.9 Å². The van der Waals surface area contributed by atoms with Crippen molar-refractivity contribution in [2.75, 3.05) is 38.8 Å². The summed E-state index contributed by atoms with van der Waals surface area (Å²) in [5, 5.41) is 0. The first-order valence-electron chi connectivity index (χ1n) is 5.10. The molecule has 0 aliphatic carbocycles. The lowest BCUT2D eigenvalue weighted by Gasteiger charge is -2.22. The second-order valence-corrected chi connectivity index (χ2v) is 3.16.